The molecule has 0 bridgehead atoms. The average molecular weight is 323 g/mol. The third-order valence-electron chi connectivity index (χ3n) is 4.11. The minimum atomic E-state index is 0.854. The summed E-state index contributed by atoms with van der Waals surface area (Å²) in [4.78, 5) is 13.8. The fraction of sp³-hybridized carbons (Fsp3) is 0.0455. The summed E-state index contributed by atoms with van der Waals surface area (Å²) in [6.07, 6.45) is 3.42. The van der Waals surface area contributed by atoms with Crippen molar-refractivity contribution in [2.45, 2.75) is 6.92 Å². The van der Waals surface area contributed by atoms with E-state index in [2.05, 4.69) is 41.2 Å². The molecule has 0 aliphatic heterocycles. The van der Waals surface area contributed by atoms with E-state index in [-0.39, 0.29) is 0 Å². The standard InChI is InChI=1S/C22H17N3/c1-16-14-20-21(24-13-12-23-20)15-19(16)25-22(17-8-4-2-5-9-17)18-10-6-3-7-11-18/h2-15H,1H3. The first-order valence-corrected chi connectivity index (χ1v) is 8.22. The first kappa shape index (κ1) is 15.2. The number of aryl methyl sites for hydroxylation is 1. The van der Waals surface area contributed by atoms with E-state index in [4.69, 9.17) is 4.99 Å². The Balaban J connectivity index is 1.92. The Hall–Kier alpha value is -3.33. The van der Waals surface area contributed by atoms with Crippen molar-refractivity contribution in [1.82, 2.24) is 9.97 Å². The van der Waals surface area contributed by atoms with E-state index in [1.807, 2.05) is 48.5 Å². The van der Waals surface area contributed by atoms with Gasteiger partial charge in [-0.05, 0) is 24.6 Å². The molecule has 0 spiro atoms. The maximum absolute atomic E-state index is 5.00. The third kappa shape index (κ3) is 3.17. The minimum Gasteiger partial charge on any atom is -0.253 e. The van der Waals surface area contributed by atoms with Crippen LogP contribution in [-0.4, -0.2) is 15.7 Å². The molecular weight excluding hydrogens is 306 g/mol. The number of nitrogens with zero attached hydrogens (tertiary/aromatic N) is 3. The summed E-state index contributed by atoms with van der Waals surface area (Å²) in [5.74, 6) is 0. The maximum atomic E-state index is 5.00. The minimum absolute atomic E-state index is 0.854. The van der Waals surface area contributed by atoms with Crippen molar-refractivity contribution in [3.63, 3.8) is 0 Å². The van der Waals surface area contributed by atoms with Gasteiger partial charge in [0, 0.05) is 23.5 Å². The average Bonchev–Trinajstić information content (AvgIpc) is 2.67. The largest absolute Gasteiger partial charge is 0.253 e. The van der Waals surface area contributed by atoms with Crippen LogP contribution in [-0.2, 0) is 0 Å². The molecule has 0 fully saturated rings. The molecule has 3 aromatic carbocycles. The Bertz CT molecular complexity index is 997. The van der Waals surface area contributed by atoms with Crippen molar-refractivity contribution in [1.29, 1.82) is 0 Å². The van der Waals surface area contributed by atoms with Crippen molar-refractivity contribution in [2.24, 2.45) is 4.99 Å². The molecule has 0 saturated carbocycles. The molecule has 0 saturated heterocycles. The lowest BCUT2D eigenvalue weighted by Crippen LogP contribution is -2.02. The van der Waals surface area contributed by atoms with Crippen molar-refractivity contribution in [3.8, 4) is 0 Å². The maximum Gasteiger partial charge on any atom is 0.0908 e. The second kappa shape index (κ2) is 6.65. The van der Waals surface area contributed by atoms with E-state index >= 15 is 0 Å². The van der Waals surface area contributed by atoms with Crippen LogP contribution in [0.25, 0.3) is 11.0 Å². The van der Waals surface area contributed by atoms with Gasteiger partial charge in [-0.15, -0.1) is 0 Å². The van der Waals surface area contributed by atoms with Crippen LogP contribution in [0.5, 0.6) is 0 Å². The summed E-state index contributed by atoms with van der Waals surface area (Å²) >= 11 is 0. The van der Waals surface area contributed by atoms with E-state index in [0.29, 0.717) is 0 Å². The van der Waals surface area contributed by atoms with Crippen LogP contribution in [0.3, 0.4) is 0 Å². The van der Waals surface area contributed by atoms with Gasteiger partial charge in [0.15, 0.2) is 0 Å². The second-order valence-electron chi connectivity index (χ2n) is 5.88. The molecule has 0 aliphatic carbocycles. The van der Waals surface area contributed by atoms with Crippen molar-refractivity contribution >= 4 is 22.4 Å². The van der Waals surface area contributed by atoms with Gasteiger partial charge in [-0.2, -0.15) is 0 Å². The first-order chi connectivity index (χ1) is 12.3. The van der Waals surface area contributed by atoms with Crippen molar-refractivity contribution in [3.05, 3.63) is 102 Å². The highest BCUT2D eigenvalue weighted by molar-refractivity contribution is 6.14. The van der Waals surface area contributed by atoms with E-state index in [1.54, 1.807) is 12.4 Å². The highest BCUT2D eigenvalue weighted by atomic mass is 14.8. The summed E-state index contributed by atoms with van der Waals surface area (Å²) in [7, 11) is 0. The zero-order valence-corrected chi connectivity index (χ0v) is 13.9. The van der Waals surface area contributed by atoms with E-state index in [0.717, 1.165) is 39.1 Å². The Labute approximate surface area is 146 Å². The predicted molar refractivity (Wildman–Crippen MR) is 102 cm³/mol. The lowest BCUT2D eigenvalue weighted by atomic mass is 10.0. The lowest BCUT2D eigenvalue weighted by molar-refractivity contribution is 1.28. The fourth-order valence-electron chi connectivity index (χ4n) is 2.83. The number of rotatable bonds is 3. The summed E-state index contributed by atoms with van der Waals surface area (Å²) in [6.45, 7) is 2.06. The number of fused-ring (bicyclic) bond motifs is 1. The van der Waals surface area contributed by atoms with Gasteiger partial charge >= 0.3 is 0 Å². The fourth-order valence-corrected chi connectivity index (χ4v) is 2.83. The number of benzene rings is 3. The van der Waals surface area contributed by atoms with Crippen LogP contribution < -0.4 is 0 Å². The molecule has 4 rings (SSSR count). The smallest absolute Gasteiger partial charge is 0.0908 e. The summed E-state index contributed by atoms with van der Waals surface area (Å²) < 4.78 is 0. The molecule has 25 heavy (non-hydrogen) atoms. The molecule has 0 amide bonds. The van der Waals surface area contributed by atoms with Crippen LogP contribution in [0.4, 0.5) is 5.69 Å². The van der Waals surface area contributed by atoms with Crippen molar-refractivity contribution < 1.29 is 0 Å². The molecule has 4 aromatic rings. The van der Waals surface area contributed by atoms with Gasteiger partial charge in [0.25, 0.3) is 0 Å². The molecule has 0 radical (unpaired) electrons. The SMILES string of the molecule is Cc1cc2nccnc2cc1N=C(c1ccccc1)c1ccccc1. The molecular formula is C22H17N3. The summed E-state index contributed by atoms with van der Waals surface area (Å²) in [5.41, 5.74) is 6.87. The molecule has 1 aromatic heterocycles. The molecule has 0 N–H and O–H groups in total. The molecule has 0 unspecified atom stereocenters. The topological polar surface area (TPSA) is 38.1 Å². The number of hydrogen-bond acceptors (Lipinski definition) is 3. The molecule has 0 atom stereocenters. The Morgan fingerprint density at radius 2 is 1.24 bits per heavy atom. The van der Waals surface area contributed by atoms with Gasteiger partial charge in [-0.25, -0.2) is 4.99 Å². The molecule has 3 heteroatoms. The monoisotopic (exact) mass is 323 g/mol. The number of hydrogen-bond donors (Lipinski definition) is 0. The summed E-state index contributed by atoms with van der Waals surface area (Å²) in [6, 6.07) is 24.6. The van der Waals surface area contributed by atoms with Crippen LogP contribution in [0.2, 0.25) is 0 Å². The highest BCUT2D eigenvalue weighted by Gasteiger charge is 2.09. The molecule has 1 heterocycles. The van der Waals surface area contributed by atoms with E-state index in [9.17, 15) is 0 Å². The molecule has 120 valence electrons. The highest BCUT2D eigenvalue weighted by Crippen LogP contribution is 2.25. The lowest BCUT2D eigenvalue weighted by Gasteiger charge is -2.09. The molecule has 0 aliphatic rings. The van der Waals surface area contributed by atoms with Crippen molar-refractivity contribution in [2.75, 3.05) is 0 Å². The summed E-state index contributed by atoms with van der Waals surface area (Å²) in [5, 5.41) is 0. The van der Waals surface area contributed by atoms with Gasteiger partial charge in [0.05, 0.1) is 22.4 Å². The van der Waals surface area contributed by atoms with Gasteiger partial charge in [0.2, 0.25) is 0 Å². The normalized spacial score (nSPS) is 10.6. The molecule has 3 nitrogen and oxygen atoms in total. The Morgan fingerprint density at radius 3 is 1.80 bits per heavy atom. The van der Waals surface area contributed by atoms with Gasteiger partial charge in [0.1, 0.15) is 0 Å². The van der Waals surface area contributed by atoms with E-state index in [1.165, 1.54) is 0 Å². The Kier molecular flexibility index (Phi) is 4.05. The van der Waals surface area contributed by atoms with Crippen LogP contribution in [0.1, 0.15) is 16.7 Å². The zero-order valence-electron chi connectivity index (χ0n) is 13.9. The van der Waals surface area contributed by atoms with Gasteiger partial charge in [-0.1, -0.05) is 60.7 Å². The van der Waals surface area contributed by atoms with Crippen LogP contribution >= 0.6 is 0 Å². The van der Waals surface area contributed by atoms with Gasteiger partial charge in [-0.3, -0.25) is 9.97 Å². The third-order valence-corrected chi connectivity index (χ3v) is 4.11. The van der Waals surface area contributed by atoms with E-state index < -0.39 is 0 Å². The van der Waals surface area contributed by atoms with Crippen LogP contribution in [0.15, 0.2) is 90.2 Å². The zero-order chi connectivity index (χ0) is 17.1. The number of aliphatic imine (C=N–C) groups is 1. The first-order valence-electron chi connectivity index (χ1n) is 8.22. The Morgan fingerprint density at radius 1 is 0.720 bits per heavy atom. The second-order valence-corrected chi connectivity index (χ2v) is 5.88. The quantitative estimate of drug-likeness (QED) is 0.492. The van der Waals surface area contributed by atoms with Gasteiger partial charge < -0.3 is 0 Å². The number of aromatic nitrogens is 2. The van der Waals surface area contributed by atoms with Crippen LogP contribution in [0, 0.1) is 6.92 Å². The predicted octanol–water partition coefficient (Wildman–Crippen LogP) is 5.11.